The topological polar surface area (TPSA) is 67.8 Å². The maximum absolute atomic E-state index is 5.91. The number of rotatable bonds is 7. The van der Waals surface area contributed by atoms with Crippen LogP contribution in [0.3, 0.4) is 0 Å². The number of benzene rings is 1. The van der Waals surface area contributed by atoms with Crippen molar-refractivity contribution in [3.8, 4) is 11.6 Å². The van der Waals surface area contributed by atoms with E-state index in [2.05, 4.69) is 20.6 Å². The standard InChI is InChI=1S/C21H28N4O2.HI/c1-22-21(25-15-17-7-3-6-10-19(17)26-2)24-14-16-11-12-20(23-13-16)27-18-8-4-5-9-18;/h3,6-7,10-13,18H,4-5,8-9,14-15H2,1-2H3,(H2,22,24,25);1H. The Hall–Kier alpha value is -2.03. The van der Waals surface area contributed by atoms with Crippen molar-refractivity contribution in [1.82, 2.24) is 15.6 Å². The van der Waals surface area contributed by atoms with E-state index in [0.717, 1.165) is 35.7 Å². The zero-order valence-electron chi connectivity index (χ0n) is 16.5. The minimum Gasteiger partial charge on any atom is -0.496 e. The fraction of sp³-hybridized carbons (Fsp3) is 0.429. The molecule has 0 bridgehead atoms. The molecule has 0 spiro atoms. The first kappa shape index (κ1) is 22.3. The van der Waals surface area contributed by atoms with Crippen LogP contribution in [0, 0.1) is 0 Å². The predicted molar refractivity (Wildman–Crippen MR) is 123 cm³/mol. The normalized spacial score (nSPS) is 14.3. The predicted octanol–water partition coefficient (Wildman–Crippen LogP) is 3.89. The molecule has 0 radical (unpaired) electrons. The first-order chi connectivity index (χ1) is 13.3. The molecule has 1 aliphatic carbocycles. The first-order valence-corrected chi connectivity index (χ1v) is 9.46. The zero-order chi connectivity index (χ0) is 18.9. The minimum atomic E-state index is 0. The lowest BCUT2D eigenvalue weighted by molar-refractivity contribution is 0.201. The molecule has 1 aromatic carbocycles. The summed E-state index contributed by atoms with van der Waals surface area (Å²) in [5.41, 5.74) is 2.16. The Kier molecular flexibility index (Phi) is 9.33. The van der Waals surface area contributed by atoms with E-state index < -0.39 is 0 Å². The number of aliphatic imine (C=N–C) groups is 1. The van der Waals surface area contributed by atoms with Gasteiger partial charge in [0, 0.05) is 38.0 Å². The number of ether oxygens (including phenoxy) is 2. The molecule has 152 valence electrons. The van der Waals surface area contributed by atoms with E-state index in [1.165, 1.54) is 12.8 Å². The number of hydrogen-bond donors (Lipinski definition) is 2. The smallest absolute Gasteiger partial charge is 0.213 e. The molecule has 0 amide bonds. The van der Waals surface area contributed by atoms with Crippen molar-refractivity contribution >= 4 is 29.9 Å². The van der Waals surface area contributed by atoms with E-state index in [4.69, 9.17) is 9.47 Å². The number of para-hydroxylation sites is 1. The van der Waals surface area contributed by atoms with Crippen LogP contribution in [0.25, 0.3) is 0 Å². The SMILES string of the molecule is CN=C(NCc1ccc(OC2CCCC2)nc1)NCc1ccccc1OC.I. The van der Waals surface area contributed by atoms with Crippen LogP contribution in [0.5, 0.6) is 11.6 Å². The summed E-state index contributed by atoms with van der Waals surface area (Å²) in [5.74, 6) is 2.30. The molecule has 1 fully saturated rings. The number of nitrogens with one attached hydrogen (secondary N) is 2. The van der Waals surface area contributed by atoms with Crippen LogP contribution in [0.2, 0.25) is 0 Å². The summed E-state index contributed by atoms with van der Waals surface area (Å²) in [5, 5.41) is 6.61. The van der Waals surface area contributed by atoms with E-state index >= 15 is 0 Å². The molecule has 1 heterocycles. The van der Waals surface area contributed by atoms with Gasteiger partial charge in [-0.2, -0.15) is 0 Å². The fourth-order valence-electron chi connectivity index (χ4n) is 3.20. The Labute approximate surface area is 184 Å². The Morgan fingerprint density at radius 2 is 1.86 bits per heavy atom. The highest BCUT2D eigenvalue weighted by molar-refractivity contribution is 14.0. The van der Waals surface area contributed by atoms with Gasteiger partial charge in [-0.05, 0) is 37.3 Å². The average molecular weight is 496 g/mol. The largest absolute Gasteiger partial charge is 0.496 e. The van der Waals surface area contributed by atoms with Crippen LogP contribution in [-0.2, 0) is 13.1 Å². The van der Waals surface area contributed by atoms with Gasteiger partial charge >= 0.3 is 0 Å². The van der Waals surface area contributed by atoms with Crippen molar-refractivity contribution in [2.24, 2.45) is 4.99 Å². The first-order valence-electron chi connectivity index (χ1n) is 9.46. The molecular weight excluding hydrogens is 467 g/mol. The van der Waals surface area contributed by atoms with Crippen LogP contribution in [0.15, 0.2) is 47.6 Å². The van der Waals surface area contributed by atoms with E-state index in [1.54, 1.807) is 14.2 Å². The molecule has 2 N–H and O–H groups in total. The molecule has 0 atom stereocenters. The summed E-state index contributed by atoms with van der Waals surface area (Å²) < 4.78 is 11.3. The molecule has 0 unspecified atom stereocenters. The van der Waals surface area contributed by atoms with Gasteiger partial charge in [0.25, 0.3) is 0 Å². The summed E-state index contributed by atoms with van der Waals surface area (Å²) in [6, 6.07) is 11.9. The van der Waals surface area contributed by atoms with Crippen LogP contribution < -0.4 is 20.1 Å². The molecule has 0 aliphatic heterocycles. The van der Waals surface area contributed by atoms with Gasteiger partial charge in [-0.1, -0.05) is 24.3 Å². The second-order valence-electron chi connectivity index (χ2n) is 6.62. The average Bonchev–Trinajstić information content (AvgIpc) is 3.22. The number of halogens is 1. The molecule has 2 aromatic rings. The van der Waals surface area contributed by atoms with Crippen LogP contribution in [0.4, 0.5) is 0 Å². The number of nitrogens with zero attached hydrogens (tertiary/aromatic N) is 2. The molecule has 1 aliphatic rings. The third-order valence-corrected chi connectivity index (χ3v) is 4.71. The second-order valence-corrected chi connectivity index (χ2v) is 6.62. The zero-order valence-corrected chi connectivity index (χ0v) is 18.8. The van der Waals surface area contributed by atoms with Gasteiger partial charge in [0.2, 0.25) is 5.88 Å². The molecule has 6 nitrogen and oxygen atoms in total. The Balaban J connectivity index is 0.00000280. The van der Waals surface area contributed by atoms with Crippen LogP contribution >= 0.6 is 24.0 Å². The van der Waals surface area contributed by atoms with Gasteiger partial charge in [0.05, 0.1) is 7.11 Å². The lowest BCUT2D eigenvalue weighted by atomic mass is 10.2. The van der Waals surface area contributed by atoms with Gasteiger partial charge in [0.1, 0.15) is 11.9 Å². The molecule has 3 rings (SSSR count). The van der Waals surface area contributed by atoms with Crippen molar-refractivity contribution in [3.05, 3.63) is 53.7 Å². The van der Waals surface area contributed by atoms with E-state index in [9.17, 15) is 0 Å². The lowest BCUT2D eigenvalue weighted by Crippen LogP contribution is -2.36. The van der Waals surface area contributed by atoms with Crippen molar-refractivity contribution in [1.29, 1.82) is 0 Å². The van der Waals surface area contributed by atoms with Gasteiger partial charge in [0.15, 0.2) is 5.96 Å². The summed E-state index contributed by atoms with van der Waals surface area (Å²) in [4.78, 5) is 8.69. The lowest BCUT2D eigenvalue weighted by Gasteiger charge is -2.14. The van der Waals surface area contributed by atoms with Gasteiger partial charge < -0.3 is 20.1 Å². The Bertz CT molecular complexity index is 746. The van der Waals surface area contributed by atoms with Gasteiger partial charge in [-0.25, -0.2) is 4.98 Å². The highest BCUT2D eigenvalue weighted by atomic mass is 127. The van der Waals surface area contributed by atoms with Crippen molar-refractivity contribution in [2.75, 3.05) is 14.2 Å². The summed E-state index contributed by atoms with van der Waals surface area (Å²) in [6.45, 7) is 1.28. The molecule has 1 saturated carbocycles. The Morgan fingerprint density at radius 1 is 1.11 bits per heavy atom. The number of aromatic nitrogens is 1. The van der Waals surface area contributed by atoms with Crippen LogP contribution in [-0.4, -0.2) is 31.2 Å². The number of methoxy groups -OCH3 is 1. The van der Waals surface area contributed by atoms with E-state index in [-0.39, 0.29) is 24.0 Å². The summed E-state index contributed by atoms with van der Waals surface area (Å²) >= 11 is 0. The highest BCUT2D eigenvalue weighted by Gasteiger charge is 2.16. The molecule has 0 saturated heterocycles. The maximum Gasteiger partial charge on any atom is 0.213 e. The minimum absolute atomic E-state index is 0. The molecule has 1 aromatic heterocycles. The van der Waals surface area contributed by atoms with Gasteiger partial charge in [-0.15, -0.1) is 24.0 Å². The molecule has 28 heavy (non-hydrogen) atoms. The monoisotopic (exact) mass is 496 g/mol. The molecular formula is C21H29IN4O2. The third kappa shape index (κ3) is 6.54. The second kappa shape index (κ2) is 11.7. The van der Waals surface area contributed by atoms with E-state index in [0.29, 0.717) is 25.1 Å². The third-order valence-electron chi connectivity index (χ3n) is 4.71. The van der Waals surface area contributed by atoms with Crippen molar-refractivity contribution < 1.29 is 9.47 Å². The van der Waals surface area contributed by atoms with E-state index in [1.807, 2.05) is 42.6 Å². The van der Waals surface area contributed by atoms with Crippen molar-refractivity contribution in [2.45, 2.75) is 44.9 Å². The Morgan fingerprint density at radius 3 is 2.54 bits per heavy atom. The van der Waals surface area contributed by atoms with Gasteiger partial charge in [-0.3, -0.25) is 4.99 Å². The quantitative estimate of drug-likeness (QED) is 0.346. The highest BCUT2D eigenvalue weighted by Crippen LogP contribution is 2.22. The number of pyridine rings is 1. The number of guanidine groups is 1. The number of hydrogen-bond acceptors (Lipinski definition) is 4. The maximum atomic E-state index is 5.91. The van der Waals surface area contributed by atoms with Crippen molar-refractivity contribution in [3.63, 3.8) is 0 Å². The molecule has 7 heteroatoms. The summed E-state index contributed by atoms with van der Waals surface area (Å²) in [6.07, 6.45) is 6.98. The summed E-state index contributed by atoms with van der Waals surface area (Å²) in [7, 11) is 3.44. The fourth-order valence-corrected chi connectivity index (χ4v) is 3.20. The van der Waals surface area contributed by atoms with Crippen LogP contribution in [0.1, 0.15) is 36.8 Å².